The molecule has 21 heavy (non-hydrogen) atoms. The molecule has 0 spiro atoms. The molecule has 1 amide bonds. The zero-order chi connectivity index (χ0) is 14.8. The Balaban J connectivity index is 1.44. The van der Waals surface area contributed by atoms with Crippen molar-refractivity contribution in [2.75, 3.05) is 26.7 Å². The molecule has 0 aromatic carbocycles. The van der Waals surface area contributed by atoms with Gasteiger partial charge in [0.05, 0.1) is 12.0 Å². The number of aliphatic hydroxyl groups excluding tert-OH is 1. The van der Waals surface area contributed by atoms with Crippen LogP contribution in [0.1, 0.15) is 51.4 Å². The quantitative estimate of drug-likeness (QED) is 0.861. The van der Waals surface area contributed by atoms with Crippen molar-refractivity contribution in [2.45, 2.75) is 63.5 Å². The van der Waals surface area contributed by atoms with Gasteiger partial charge in [0.2, 0.25) is 5.91 Å². The molecule has 0 aromatic rings. The van der Waals surface area contributed by atoms with Gasteiger partial charge in [-0.2, -0.15) is 0 Å². The summed E-state index contributed by atoms with van der Waals surface area (Å²) >= 11 is 0. The SMILES string of the molecule is CN(CC1CC(O)C1)C(=O)C1CCN(C2CCCCC2)C1. The number of aliphatic hydroxyl groups is 1. The van der Waals surface area contributed by atoms with Crippen LogP contribution in [0.5, 0.6) is 0 Å². The minimum absolute atomic E-state index is 0.119. The van der Waals surface area contributed by atoms with Gasteiger partial charge in [0.25, 0.3) is 0 Å². The van der Waals surface area contributed by atoms with Crippen LogP contribution in [0, 0.1) is 11.8 Å². The van der Waals surface area contributed by atoms with Gasteiger partial charge in [0.1, 0.15) is 0 Å². The van der Waals surface area contributed by atoms with Crippen molar-refractivity contribution in [3.8, 4) is 0 Å². The lowest BCUT2D eigenvalue weighted by atomic mass is 9.82. The first-order valence-electron chi connectivity index (χ1n) is 8.80. The zero-order valence-electron chi connectivity index (χ0n) is 13.3. The molecule has 1 saturated heterocycles. The van der Waals surface area contributed by atoms with Gasteiger partial charge in [0.15, 0.2) is 0 Å². The third-order valence-electron chi connectivity index (χ3n) is 5.78. The second kappa shape index (κ2) is 6.66. The average Bonchev–Trinajstić information content (AvgIpc) is 2.95. The number of carbonyl (C=O) groups excluding carboxylic acids is 1. The summed E-state index contributed by atoms with van der Waals surface area (Å²) in [6, 6.07) is 0.739. The molecule has 120 valence electrons. The molecule has 1 heterocycles. The monoisotopic (exact) mass is 294 g/mol. The van der Waals surface area contributed by atoms with Crippen molar-refractivity contribution in [3.63, 3.8) is 0 Å². The van der Waals surface area contributed by atoms with Crippen molar-refractivity contribution in [1.82, 2.24) is 9.80 Å². The van der Waals surface area contributed by atoms with Gasteiger partial charge >= 0.3 is 0 Å². The Labute approximate surface area is 128 Å². The maximum Gasteiger partial charge on any atom is 0.226 e. The molecular weight excluding hydrogens is 264 g/mol. The summed E-state index contributed by atoms with van der Waals surface area (Å²) in [4.78, 5) is 17.1. The minimum Gasteiger partial charge on any atom is -0.393 e. The number of hydrogen-bond acceptors (Lipinski definition) is 3. The van der Waals surface area contributed by atoms with E-state index in [-0.39, 0.29) is 12.0 Å². The van der Waals surface area contributed by atoms with Gasteiger partial charge in [-0.15, -0.1) is 0 Å². The van der Waals surface area contributed by atoms with Crippen LogP contribution in [0.3, 0.4) is 0 Å². The molecule has 1 unspecified atom stereocenters. The molecule has 2 saturated carbocycles. The standard InChI is InChI=1S/C17H30N2O2/c1-18(11-13-9-16(20)10-13)17(21)14-7-8-19(12-14)15-5-3-2-4-6-15/h13-16,20H,2-12H2,1H3. The van der Waals surface area contributed by atoms with E-state index in [1.807, 2.05) is 11.9 Å². The van der Waals surface area contributed by atoms with E-state index in [0.717, 1.165) is 44.9 Å². The number of rotatable bonds is 4. The maximum atomic E-state index is 12.6. The van der Waals surface area contributed by atoms with Crippen molar-refractivity contribution in [2.24, 2.45) is 11.8 Å². The Morgan fingerprint density at radius 3 is 2.57 bits per heavy atom. The fourth-order valence-corrected chi connectivity index (χ4v) is 4.41. The van der Waals surface area contributed by atoms with Gasteiger partial charge in [-0.3, -0.25) is 9.69 Å². The summed E-state index contributed by atoms with van der Waals surface area (Å²) in [7, 11) is 1.94. The molecule has 4 heteroatoms. The van der Waals surface area contributed by atoms with Gasteiger partial charge in [-0.05, 0) is 44.6 Å². The van der Waals surface area contributed by atoms with E-state index in [2.05, 4.69) is 4.90 Å². The number of hydrogen-bond donors (Lipinski definition) is 1. The maximum absolute atomic E-state index is 12.6. The Morgan fingerprint density at radius 2 is 1.90 bits per heavy atom. The van der Waals surface area contributed by atoms with Crippen LogP contribution in [0.25, 0.3) is 0 Å². The first kappa shape index (κ1) is 15.3. The number of carbonyl (C=O) groups is 1. The first-order chi connectivity index (χ1) is 10.1. The third kappa shape index (κ3) is 3.59. The second-order valence-electron chi connectivity index (χ2n) is 7.48. The fourth-order valence-electron chi connectivity index (χ4n) is 4.41. The van der Waals surface area contributed by atoms with E-state index in [1.165, 1.54) is 32.1 Å². The molecule has 0 aromatic heterocycles. The smallest absolute Gasteiger partial charge is 0.226 e. The molecule has 1 atom stereocenters. The van der Waals surface area contributed by atoms with Crippen LogP contribution in [-0.2, 0) is 4.79 Å². The highest BCUT2D eigenvalue weighted by Gasteiger charge is 2.35. The fraction of sp³-hybridized carbons (Fsp3) is 0.941. The lowest BCUT2D eigenvalue weighted by molar-refractivity contribution is -0.135. The second-order valence-corrected chi connectivity index (χ2v) is 7.48. The molecule has 3 rings (SSSR count). The van der Waals surface area contributed by atoms with Crippen LogP contribution in [-0.4, -0.2) is 59.6 Å². The summed E-state index contributed by atoms with van der Waals surface area (Å²) in [5, 5.41) is 9.35. The van der Waals surface area contributed by atoms with Crippen LogP contribution in [0.4, 0.5) is 0 Å². The van der Waals surface area contributed by atoms with Gasteiger partial charge in [-0.1, -0.05) is 19.3 Å². The highest BCUT2D eigenvalue weighted by Crippen LogP contribution is 2.30. The van der Waals surface area contributed by atoms with Crippen LogP contribution >= 0.6 is 0 Å². The minimum atomic E-state index is -0.119. The average molecular weight is 294 g/mol. The Kier molecular flexibility index (Phi) is 4.85. The molecule has 3 aliphatic rings. The molecule has 1 aliphatic heterocycles. The van der Waals surface area contributed by atoms with Crippen LogP contribution in [0.2, 0.25) is 0 Å². The molecule has 3 fully saturated rings. The topological polar surface area (TPSA) is 43.8 Å². The molecule has 4 nitrogen and oxygen atoms in total. The van der Waals surface area contributed by atoms with E-state index in [4.69, 9.17) is 0 Å². The first-order valence-corrected chi connectivity index (χ1v) is 8.80. The lowest BCUT2D eigenvalue weighted by Gasteiger charge is -2.35. The highest BCUT2D eigenvalue weighted by atomic mass is 16.3. The lowest BCUT2D eigenvalue weighted by Crippen LogP contribution is -2.42. The summed E-state index contributed by atoms with van der Waals surface area (Å²) in [6.07, 6.45) is 9.44. The van der Waals surface area contributed by atoms with E-state index < -0.39 is 0 Å². The number of amides is 1. The summed E-state index contributed by atoms with van der Waals surface area (Å²) in [5.41, 5.74) is 0. The number of likely N-dealkylation sites (tertiary alicyclic amines) is 1. The van der Waals surface area contributed by atoms with Crippen LogP contribution in [0.15, 0.2) is 0 Å². The van der Waals surface area contributed by atoms with Crippen molar-refractivity contribution in [3.05, 3.63) is 0 Å². The summed E-state index contributed by atoms with van der Waals surface area (Å²) < 4.78 is 0. The molecule has 0 radical (unpaired) electrons. The van der Waals surface area contributed by atoms with Crippen molar-refractivity contribution >= 4 is 5.91 Å². The van der Waals surface area contributed by atoms with Gasteiger partial charge in [0, 0.05) is 26.2 Å². The molecule has 2 aliphatic carbocycles. The third-order valence-corrected chi connectivity index (χ3v) is 5.78. The predicted molar refractivity (Wildman–Crippen MR) is 82.9 cm³/mol. The van der Waals surface area contributed by atoms with Gasteiger partial charge < -0.3 is 10.0 Å². The van der Waals surface area contributed by atoms with E-state index in [9.17, 15) is 9.90 Å². The Bertz CT molecular complexity index is 362. The molecular formula is C17H30N2O2. The molecule has 0 bridgehead atoms. The van der Waals surface area contributed by atoms with Gasteiger partial charge in [-0.25, -0.2) is 0 Å². The number of nitrogens with zero attached hydrogens (tertiary/aromatic N) is 2. The largest absolute Gasteiger partial charge is 0.393 e. The highest BCUT2D eigenvalue weighted by molar-refractivity contribution is 5.79. The Morgan fingerprint density at radius 1 is 1.19 bits per heavy atom. The van der Waals surface area contributed by atoms with E-state index in [1.54, 1.807) is 0 Å². The normalized spacial score (nSPS) is 34.7. The van der Waals surface area contributed by atoms with Crippen LogP contribution < -0.4 is 0 Å². The summed E-state index contributed by atoms with van der Waals surface area (Å²) in [5.74, 6) is 1.06. The van der Waals surface area contributed by atoms with E-state index >= 15 is 0 Å². The Hall–Kier alpha value is -0.610. The summed E-state index contributed by atoms with van der Waals surface area (Å²) in [6.45, 7) is 2.91. The van der Waals surface area contributed by atoms with Crippen molar-refractivity contribution < 1.29 is 9.90 Å². The predicted octanol–water partition coefficient (Wildman–Crippen LogP) is 1.87. The molecule has 1 N–H and O–H groups in total. The zero-order valence-corrected chi connectivity index (χ0v) is 13.3. The van der Waals surface area contributed by atoms with E-state index in [0.29, 0.717) is 11.8 Å². The van der Waals surface area contributed by atoms with Crippen molar-refractivity contribution in [1.29, 1.82) is 0 Å².